The van der Waals surface area contributed by atoms with Crippen molar-refractivity contribution < 1.29 is 4.74 Å². The Morgan fingerprint density at radius 3 is 2.52 bits per heavy atom. The lowest BCUT2D eigenvalue weighted by atomic mass is 10.2. The third-order valence-corrected chi connectivity index (χ3v) is 3.51. The monoisotopic (exact) mass is 321 g/mol. The van der Waals surface area contributed by atoms with Gasteiger partial charge in [-0.2, -0.15) is 0 Å². The van der Waals surface area contributed by atoms with E-state index in [2.05, 4.69) is 4.99 Å². The van der Waals surface area contributed by atoms with E-state index >= 15 is 0 Å². The van der Waals surface area contributed by atoms with Gasteiger partial charge in [0.25, 0.3) is 0 Å². The fourth-order valence-corrected chi connectivity index (χ4v) is 2.35. The van der Waals surface area contributed by atoms with E-state index in [0.717, 1.165) is 27.6 Å². The molecule has 0 saturated heterocycles. The number of para-hydroxylation sites is 1. The molecule has 0 aromatic heterocycles. The van der Waals surface area contributed by atoms with Crippen LogP contribution in [0, 0.1) is 0 Å². The molecule has 0 heterocycles. The summed E-state index contributed by atoms with van der Waals surface area (Å²) in [6.45, 7) is 0.486. The van der Waals surface area contributed by atoms with Crippen molar-refractivity contribution in [3.63, 3.8) is 0 Å². The fraction of sp³-hybridized carbons (Fsp3) is 0.0500. The molecule has 0 unspecified atom stereocenters. The molecule has 0 aliphatic rings. The van der Waals surface area contributed by atoms with Crippen molar-refractivity contribution in [2.24, 2.45) is 4.99 Å². The van der Waals surface area contributed by atoms with E-state index in [0.29, 0.717) is 6.61 Å². The molecule has 0 radical (unpaired) electrons. The highest BCUT2D eigenvalue weighted by molar-refractivity contribution is 6.30. The molecule has 3 rings (SSSR count). The second-order valence-corrected chi connectivity index (χ2v) is 5.52. The molecule has 0 N–H and O–H groups in total. The zero-order valence-corrected chi connectivity index (χ0v) is 13.3. The van der Waals surface area contributed by atoms with Gasteiger partial charge >= 0.3 is 0 Å². The maximum Gasteiger partial charge on any atom is 0.120 e. The van der Waals surface area contributed by atoms with Crippen molar-refractivity contribution in [1.82, 2.24) is 0 Å². The quantitative estimate of drug-likeness (QED) is 0.555. The van der Waals surface area contributed by atoms with Gasteiger partial charge < -0.3 is 4.74 Å². The van der Waals surface area contributed by atoms with Gasteiger partial charge in [-0.15, -0.1) is 0 Å². The summed E-state index contributed by atoms with van der Waals surface area (Å²) in [5.41, 5.74) is 2.97. The van der Waals surface area contributed by atoms with Crippen molar-refractivity contribution in [3.8, 4) is 5.75 Å². The maximum absolute atomic E-state index is 5.98. The summed E-state index contributed by atoms with van der Waals surface area (Å²) in [7, 11) is 0. The van der Waals surface area contributed by atoms with Gasteiger partial charge in [0.05, 0.1) is 5.69 Å². The molecule has 0 aliphatic carbocycles. The average Bonchev–Trinajstić information content (AvgIpc) is 2.60. The first kappa shape index (κ1) is 15.3. The van der Waals surface area contributed by atoms with E-state index < -0.39 is 0 Å². The van der Waals surface area contributed by atoms with E-state index in [-0.39, 0.29) is 0 Å². The van der Waals surface area contributed by atoms with Crippen LogP contribution in [0.25, 0.3) is 0 Å². The first-order valence-corrected chi connectivity index (χ1v) is 7.74. The summed E-state index contributed by atoms with van der Waals surface area (Å²) >= 11 is 5.98. The maximum atomic E-state index is 5.98. The third kappa shape index (κ3) is 4.70. The van der Waals surface area contributed by atoms with Crippen LogP contribution in [0.4, 0.5) is 5.69 Å². The Labute approximate surface area is 141 Å². The van der Waals surface area contributed by atoms with E-state index in [4.69, 9.17) is 16.3 Å². The van der Waals surface area contributed by atoms with Crippen LogP contribution >= 0.6 is 11.6 Å². The summed E-state index contributed by atoms with van der Waals surface area (Å²) in [4.78, 5) is 4.45. The molecule has 0 bridgehead atoms. The van der Waals surface area contributed by atoms with Crippen molar-refractivity contribution >= 4 is 23.5 Å². The molecule has 3 heteroatoms. The zero-order valence-electron chi connectivity index (χ0n) is 12.5. The van der Waals surface area contributed by atoms with E-state index in [1.807, 2.05) is 85.1 Å². The summed E-state index contributed by atoms with van der Waals surface area (Å²) in [6.07, 6.45) is 1.83. The van der Waals surface area contributed by atoms with Crippen LogP contribution in [0.5, 0.6) is 5.75 Å². The molecule has 0 saturated carbocycles. The summed E-state index contributed by atoms with van der Waals surface area (Å²) in [5, 5.41) is 0.717. The van der Waals surface area contributed by atoms with Crippen molar-refractivity contribution in [2.75, 3.05) is 0 Å². The molecular weight excluding hydrogens is 306 g/mol. The van der Waals surface area contributed by atoms with Crippen LogP contribution in [-0.2, 0) is 6.61 Å². The topological polar surface area (TPSA) is 21.6 Å². The Bertz CT molecular complexity index is 800. The molecule has 0 amide bonds. The van der Waals surface area contributed by atoms with Crippen LogP contribution in [0.2, 0.25) is 5.02 Å². The number of hydrogen-bond acceptors (Lipinski definition) is 2. The Balaban J connectivity index is 1.66. The number of ether oxygens (including phenoxy) is 1. The number of hydrogen-bond donors (Lipinski definition) is 0. The highest BCUT2D eigenvalue weighted by Crippen LogP contribution is 2.17. The van der Waals surface area contributed by atoms with Gasteiger partial charge in [-0.1, -0.05) is 54.1 Å². The van der Waals surface area contributed by atoms with E-state index in [1.165, 1.54) is 0 Å². The second kappa shape index (κ2) is 7.61. The lowest BCUT2D eigenvalue weighted by molar-refractivity contribution is 0.306. The van der Waals surface area contributed by atoms with Crippen LogP contribution in [0.1, 0.15) is 11.1 Å². The largest absolute Gasteiger partial charge is 0.489 e. The standard InChI is InChI=1S/C20H16ClNO/c21-18-8-4-7-17(12-18)15-23-20-11-5-6-16(13-20)14-22-19-9-2-1-3-10-19/h1-14H,15H2. The highest BCUT2D eigenvalue weighted by atomic mass is 35.5. The molecule has 0 aliphatic heterocycles. The predicted molar refractivity (Wildman–Crippen MR) is 95.9 cm³/mol. The fourth-order valence-electron chi connectivity index (χ4n) is 2.14. The minimum absolute atomic E-state index is 0.486. The Morgan fingerprint density at radius 2 is 1.70 bits per heavy atom. The normalized spacial score (nSPS) is 10.8. The van der Waals surface area contributed by atoms with Gasteiger partial charge in [0.15, 0.2) is 0 Å². The number of nitrogens with zero attached hydrogens (tertiary/aromatic N) is 1. The molecule has 23 heavy (non-hydrogen) atoms. The highest BCUT2D eigenvalue weighted by Gasteiger charge is 1.98. The van der Waals surface area contributed by atoms with Crippen LogP contribution < -0.4 is 4.74 Å². The number of halogens is 1. The van der Waals surface area contributed by atoms with Crippen LogP contribution in [-0.4, -0.2) is 6.21 Å². The smallest absolute Gasteiger partial charge is 0.120 e. The molecule has 3 aromatic rings. The lowest BCUT2D eigenvalue weighted by Crippen LogP contribution is -1.95. The second-order valence-electron chi connectivity index (χ2n) is 5.08. The third-order valence-electron chi connectivity index (χ3n) is 3.27. The minimum Gasteiger partial charge on any atom is -0.489 e. The van der Waals surface area contributed by atoms with Crippen LogP contribution in [0.3, 0.4) is 0 Å². The van der Waals surface area contributed by atoms with Gasteiger partial charge in [0, 0.05) is 11.2 Å². The number of rotatable bonds is 5. The summed E-state index contributed by atoms with van der Waals surface area (Å²) in [6, 6.07) is 25.4. The van der Waals surface area contributed by atoms with Crippen molar-refractivity contribution in [2.45, 2.75) is 6.61 Å². The molecule has 0 atom stereocenters. The van der Waals surface area contributed by atoms with Crippen LogP contribution in [0.15, 0.2) is 83.9 Å². The van der Waals surface area contributed by atoms with Gasteiger partial charge in [-0.3, -0.25) is 4.99 Å². The van der Waals surface area contributed by atoms with E-state index in [9.17, 15) is 0 Å². The molecule has 0 fully saturated rings. The lowest BCUT2D eigenvalue weighted by Gasteiger charge is -2.07. The predicted octanol–water partition coefficient (Wildman–Crippen LogP) is 5.67. The SMILES string of the molecule is Clc1cccc(COc2cccc(C=Nc3ccccc3)c2)c1. The van der Waals surface area contributed by atoms with Gasteiger partial charge in [0.2, 0.25) is 0 Å². The van der Waals surface area contributed by atoms with Gasteiger partial charge in [0.1, 0.15) is 12.4 Å². The summed E-state index contributed by atoms with van der Waals surface area (Å²) < 4.78 is 5.82. The minimum atomic E-state index is 0.486. The molecule has 3 aromatic carbocycles. The Kier molecular flexibility index (Phi) is 5.07. The van der Waals surface area contributed by atoms with Crippen molar-refractivity contribution in [3.05, 3.63) is 95.0 Å². The number of aliphatic imine (C=N–C) groups is 1. The molecule has 0 spiro atoms. The molecular formula is C20H16ClNO. The first-order chi connectivity index (χ1) is 11.3. The molecule has 114 valence electrons. The number of benzene rings is 3. The van der Waals surface area contributed by atoms with E-state index in [1.54, 1.807) is 0 Å². The Hall–Kier alpha value is -2.58. The Morgan fingerprint density at radius 1 is 0.870 bits per heavy atom. The van der Waals surface area contributed by atoms with Crippen molar-refractivity contribution in [1.29, 1.82) is 0 Å². The average molecular weight is 322 g/mol. The first-order valence-electron chi connectivity index (χ1n) is 7.36. The molecule has 2 nitrogen and oxygen atoms in total. The zero-order chi connectivity index (χ0) is 15.9. The van der Waals surface area contributed by atoms with Gasteiger partial charge in [-0.05, 0) is 47.5 Å². The summed E-state index contributed by atoms with van der Waals surface area (Å²) in [5.74, 6) is 0.807. The van der Waals surface area contributed by atoms with Gasteiger partial charge in [-0.25, -0.2) is 0 Å².